The van der Waals surface area contributed by atoms with E-state index in [1.165, 1.54) is 6.21 Å². The number of anilines is 2. The molecule has 0 saturated carbocycles. The molecule has 0 spiro atoms. The Balaban J connectivity index is 1.43. The summed E-state index contributed by atoms with van der Waals surface area (Å²) in [5.41, 5.74) is 4.06. The van der Waals surface area contributed by atoms with Crippen LogP contribution in [-0.4, -0.2) is 81.9 Å². The van der Waals surface area contributed by atoms with Gasteiger partial charge in [0.1, 0.15) is 24.7 Å². The number of hydrogen-bond donors (Lipinski definition) is 4. The van der Waals surface area contributed by atoms with Crippen molar-refractivity contribution >= 4 is 34.5 Å². The molecule has 4 rings (SSSR count). The first-order valence-corrected chi connectivity index (χ1v) is 11.9. The number of aliphatic hydroxyl groups is 1. The second kappa shape index (κ2) is 11.9. The lowest BCUT2D eigenvalue weighted by Gasteiger charge is -2.27. The lowest BCUT2D eigenvalue weighted by molar-refractivity contribution is -0.594. The van der Waals surface area contributed by atoms with Crippen LogP contribution in [0.15, 0.2) is 42.9 Å². The first-order valence-electron chi connectivity index (χ1n) is 11.9. The van der Waals surface area contributed by atoms with Gasteiger partial charge in [0, 0.05) is 37.6 Å². The highest BCUT2D eigenvalue weighted by molar-refractivity contribution is 6.08. The maximum atomic E-state index is 10.4. The van der Waals surface area contributed by atoms with Crippen molar-refractivity contribution in [3.05, 3.63) is 54.0 Å². The molecule has 1 aliphatic heterocycles. The molecule has 0 bridgehead atoms. The first-order chi connectivity index (χ1) is 17.0. The molecule has 1 fully saturated rings. The molecule has 0 aromatic carbocycles. The van der Waals surface area contributed by atoms with E-state index in [2.05, 4.69) is 44.2 Å². The molecule has 0 aliphatic carbocycles. The molecule has 4 heterocycles. The molecule has 1 saturated heterocycles. The van der Waals surface area contributed by atoms with Gasteiger partial charge in [-0.1, -0.05) is 13.8 Å². The number of fused-ring (bicyclic) bond motifs is 1. The van der Waals surface area contributed by atoms with Gasteiger partial charge < -0.3 is 25.9 Å². The molecule has 10 heteroatoms. The molecule has 3 aromatic heterocycles. The van der Waals surface area contributed by atoms with E-state index in [4.69, 9.17) is 10.1 Å². The Labute approximate surface area is 205 Å². The van der Waals surface area contributed by atoms with Crippen LogP contribution < -0.4 is 10.6 Å². The normalized spacial score (nSPS) is 15.9. The van der Waals surface area contributed by atoms with Gasteiger partial charge in [0.25, 0.3) is 0 Å². The molecule has 5 N–H and O–H groups in total. The third-order valence-corrected chi connectivity index (χ3v) is 5.90. The van der Waals surface area contributed by atoms with Crippen molar-refractivity contribution in [3.63, 3.8) is 0 Å². The van der Waals surface area contributed by atoms with Crippen LogP contribution in [0.25, 0.3) is 16.6 Å². The number of nitrogens with zero attached hydrogens (tertiary/aromatic N) is 5. The Morgan fingerprint density at radius 2 is 2.03 bits per heavy atom. The summed E-state index contributed by atoms with van der Waals surface area (Å²) < 4.78 is 5.35. The van der Waals surface area contributed by atoms with Gasteiger partial charge in [-0.15, -0.1) is 5.10 Å². The van der Waals surface area contributed by atoms with Crippen LogP contribution >= 0.6 is 0 Å². The molecular weight excluding hydrogens is 444 g/mol. The van der Waals surface area contributed by atoms with Crippen LogP contribution in [-0.2, 0) is 4.74 Å². The molecular formula is C25H33N8O2+. The minimum absolute atomic E-state index is 0.353. The van der Waals surface area contributed by atoms with Gasteiger partial charge in [0.05, 0.1) is 36.0 Å². The van der Waals surface area contributed by atoms with Crippen LogP contribution in [0.2, 0.25) is 0 Å². The summed E-state index contributed by atoms with van der Waals surface area (Å²) in [6.45, 7) is 8.48. The average molecular weight is 478 g/mol. The summed E-state index contributed by atoms with van der Waals surface area (Å²) in [6, 6.07) is 7.64. The predicted octanol–water partition coefficient (Wildman–Crippen LogP) is 1.53. The summed E-state index contributed by atoms with van der Waals surface area (Å²) in [6.07, 6.45) is 6.20. The zero-order valence-electron chi connectivity index (χ0n) is 20.2. The molecule has 0 amide bonds. The molecule has 35 heavy (non-hydrogen) atoms. The van der Waals surface area contributed by atoms with E-state index in [0.717, 1.165) is 29.7 Å². The minimum Gasteiger partial charge on any atom is -0.386 e. The van der Waals surface area contributed by atoms with Gasteiger partial charge in [-0.05, 0) is 35.7 Å². The monoisotopic (exact) mass is 477 g/mol. The Kier molecular flexibility index (Phi) is 8.43. The van der Waals surface area contributed by atoms with Gasteiger partial charge >= 0.3 is 0 Å². The van der Waals surface area contributed by atoms with Gasteiger partial charge in [-0.3, -0.25) is 9.88 Å². The summed E-state index contributed by atoms with van der Waals surface area (Å²) in [5, 5.41) is 31.6. The van der Waals surface area contributed by atoms with E-state index >= 15 is 0 Å². The third kappa shape index (κ3) is 6.86. The van der Waals surface area contributed by atoms with E-state index in [-0.39, 0.29) is 0 Å². The molecule has 3 aromatic rings. The largest absolute Gasteiger partial charge is 0.386 e. The molecule has 10 nitrogen and oxygen atoms in total. The quantitative estimate of drug-likeness (QED) is 0.323. The number of pyridine rings is 2. The van der Waals surface area contributed by atoms with Crippen LogP contribution in [0.1, 0.15) is 30.9 Å². The van der Waals surface area contributed by atoms with Crippen LogP contribution in [0.3, 0.4) is 0 Å². The second-order valence-electron chi connectivity index (χ2n) is 8.92. The van der Waals surface area contributed by atoms with Crippen LogP contribution in [0.5, 0.6) is 0 Å². The molecule has 1 aliphatic rings. The van der Waals surface area contributed by atoms with Gasteiger partial charge in [-0.2, -0.15) is 5.10 Å². The SMILES string of the molecule is CC(C)c1cnnc(Nc2ccc3ncc(C(C=N)=C[NH2+]CC(O)CN4CCOCC4)cc3n2)c1. The number of aromatic nitrogens is 4. The fourth-order valence-electron chi connectivity index (χ4n) is 3.86. The number of morpholine rings is 1. The molecule has 1 unspecified atom stereocenters. The van der Waals surface area contributed by atoms with E-state index in [1.807, 2.05) is 35.8 Å². The first kappa shape index (κ1) is 24.8. The van der Waals surface area contributed by atoms with Crippen molar-refractivity contribution in [3.8, 4) is 0 Å². The van der Waals surface area contributed by atoms with Crippen molar-refractivity contribution in [2.45, 2.75) is 25.9 Å². The summed E-state index contributed by atoms with van der Waals surface area (Å²) >= 11 is 0. The van der Waals surface area contributed by atoms with E-state index < -0.39 is 6.10 Å². The number of aliphatic hydroxyl groups excluding tert-OH is 1. The molecule has 0 radical (unpaired) electrons. The zero-order valence-corrected chi connectivity index (χ0v) is 20.2. The zero-order chi connectivity index (χ0) is 24.6. The van der Waals surface area contributed by atoms with Crippen molar-refractivity contribution in [2.75, 3.05) is 44.7 Å². The highest BCUT2D eigenvalue weighted by Crippen LogP contribution is 2.21. The average Bonchev–Trinajstić information content (AvgIpc) is 2.87. The van der Waals surface area contributed by atoms with Crippen molar-refractivity contribution in [1.82, 2.24) is 25.1 Å². The number of rotatable bonds is 10. The van der Waals surface area contributed by atoms with Gasteiger partial charge in [0.15, 0.2) is 5.82 Å². The van der Waals surface area contributed by atoms with Gasteiger partial charge in [0.2, 0.25) is 0 Å². The minimum atomic E-state index is -0.460. The van der Waals surface area contributed by atoms with E-state index in [0.29, 0.717) is 54.9 Å². The second-order valence-corrected chi connectivity index (χ2v) is 8.92. The topological polar surface area (TPSA) is 137 Å². The van der Waals surface area contributed by atoms with Gasteiger partial charge in [-0.25, -0.2) is 4.98 Å². The molecule has 184 valence electrons. The highest BCUT2D eigenvalue weighted by Gasteiger charge is 2.16. The van der Waals surface area contributed by atoms with Crippen molar-refractivity contribution in [2.24, 2.45) is 0 Å². The smallest absolute Gasteiger partial charge is 0.154 e. The summed E-state index contributed by atoms with van der Waals surface area (Å²) in [4.78, 5) is 11.4. The highest BCUT2D eigenvalue weighted by atomic mass is 16.5. The fourth-order valence-corrected chi connectivity index (χ4v) is 3.86. The number of nitrogens with one attached hydrogen (secondary N) is 2. The predicted molar refractivity (Wildman–Crippen MR) is 136 cm³/mol. The van der Waals surface area contributed by atoms with Crippen LogP contribution in [0, 0.1) is 5.41 Å². The van der Waals surface area contributed by atoms with E-state index in [1.54, 1.807) is 12.4 Å². The maximum Gasteiger partial charge on any atom is 0.154 e. The number of nitrogens with two attached hydrogens (primary N) is 1. The van der Waals surface area contributed by atoms with E-state index in [9.17, 15) is 5.11 Å². The van der Waals surface area contributed by atoms with Crippen molar-refractivity contribution in [1.29, 1.82) is 5.41 Å². The number of hydrogen-bond acceptors (Lipinski definition) is 9. The number of β-amino-alcohol motifs (C(OH)–C–C–N with tert-alkyl or cyclic N) is 1. The Morgan fingerprint density at radius 3 is 2.80 bits per heavy atom. The lowest BCUT2D eigenvalue weighted by Crippen LogP contribution is -2.81. The van der Waals surface area contributed by atoms with Crippen molar-refractivity contribution < 1.29 is 15.2 Å². The maximum absolute atomic E-state index is 10.4. The third-order valence-electron chi connectivity index (χ3n) is 5.90. The number of quaternary nitrogens is 1. The number of ether oxygens (including phenoxy) is 1. The Morgan fingerprint density at radius 1 is 1.20 bits per heavy atom. The lowest BCUT2D eigenvalue weighted by atomic mass is 10.1. The molecule has 1 atom stereocenters. The Bertz CT molecular complexity index is 1180. The fraction of sp³-hybridized carbons (Fsp3) is 0.400. The Hall–Kier alpha value is -3.31. The number of allylic oxidation sites excluding steroid dienone is 1. The standard InChI is InChI=1S/C25H32N8O2/c1-17(2)18-10-25(32-29-14-18)31-24-4-3-22-23(30-24)9-19(13-28-22)20(11-26)12-27-15-21(34)16-33-5-7-35-8-6-33/h3-4,9-14,17,21,26-27,34H,5-8,15-16H2,1-2H3,(H,30,31,32)/p+1. The summed E-state index contributed by atoms with van der Waals surface area (Å²) in [5.74, 6) is 1.63. The summed E-state index contributed by atoms with van der Waals surface area (Å²) in [7, 11) is 0. The van der Waals surface area contributed by atoms with Crippen LogP contribution in [0.4, 0.5) is 11.6 Å².